The lowest BCUT2D eigenvalue weighted by molar-refractivity contribution is 0.112. The van der Waals surface area contributed by atoms with Gasteiger partial charge in [0.15, 0.2) is 5.75 Å². The molecule has 0 spiro atoms. The molecule has 0 radical (unpaired) electrons. The fourth-order valence-corrected chi connectivity index (χ4v) is 1.77. The Morgan fingerprint density at radius 2 is 2.31 bits per heavy atom. The highest BCUT2D eigenvalue weighted by Gasteiger charge is 2.19. The van der Waals surface area contributed by atoms with E-state index < -0.39 is 0 Å². The molecule has 3 rings (SSSR count). The van der Waals surface area contributed by atoms with E-state index >= 15 is 0 Å². The van der Waals surface area contributed by atoms with Gasteiger partial charge in [0.1, 0.15) is 17.7 Å². The first kappa shape index (κ1) is 9.09. The molecule has 16 heavy (non-hydrogen) atoms. The van der Waals surface area contributed by atoms with Crippen LogP contribution < -0.4 is 4.74 Å². The van der Waals surface area contributed by atoms with Crippen LogP contribution >= 0.6 is 0 Å². The Morgan fingerprint density at radius 3 is 3.19 bits per heavy atom. The van der Waals surface area contributed by atoms with E-state index in [0.717, 1.165) is 29.9 Å². The lowest BCUT2D eigenvalue weighted by Crippen LogP contribution is -2.14. The fraction of sp³-hybridized carbons (Fsp3) is 0.0769. The number of fused-ring (bicyclic) bond motifs is 2. The first-order chi connectivity index (χ1) is 7.86. The van der Waals surface area contributed by atoms with Crippen molar-refractivity contribution in [2.24, 2.45) is 4.99 Å². The van der Waals surface area contributed by atoms with Gasteiger partial charge in [-0.2, -0.15) is 0 Å². The largest absolute Gasteiger partial charge is 0.453 e. The maximum atomic E-state index is 10.7. The molecule has 0 saturated heterocycles. The Bertz CT molecular complexity index is 553. The highest BCUT2D eigenvalue weighted by molar-refractivity contribution is 6.04. The minimum atomic E-state index is 0.601. The molecule has 1 aliphatic heterocycles. The molecule has 0 saturated carbocycles. The Balaban J connectivity index is 2.11. The van der Waals surface area contributed by atoms with E-state index in [1.54, 1.807) is 18.2 Å². The highest BCUT2D eigenvalue weighted by Crippen LogP contribution is 2.35. The molecule has 3 nitrogen and oxygen atoms in total. The Labute approximate surface area is 92.8 Å². The van der Waals surface area contributed by atoms with Crippen LogP contribution in [-0.2, 0) is 0 Å². The van der Waals surface area contributed by atoms with Gasteiger partial charge in [-0.1, -0.05) is 12.2 Å². The Hall–Kier alpha value is -2.16. The molecule has 0 unspecified atom stereocenters. The van der Waals surface area contributed by atoms with Gasteiger partial charge in [0, 0.05) is 12.0 Å². The van der Waals surface area contributed by atoms with Crippen LogP contribution in [0, 0.1) is 0 Å². The molecule has 1 heterocycles. The Kier molecular flexibility index (Phi) is 1.96. The maximum Gasteiger partial charge on any atom is 0.153 e. The van der Waals surface area contributed by atoms with E-state index in [4.69, 9.17) is 4.74 Å². The average molecular weight is 211 g/mol. The first-order valence-corrected chi connectivity index (χ1v) is 5.09. The molecule has 0 amide bonds. The molecule has 0 aromatic heterocycles. The van der Waals surface area contributed by atoms with Gasteiger partial charge in [0.25, 0.3) is 0 Å². The summed E-state index contributed by atoms with van der Waals surface area (Å²) in [6.07, 6.45) is 7.47. The molecule has 0 atom stereocenters. The van der Waals surface area contributed by atoms with Crippen molar-refractivity contribution in [3.63, 3.8) is 0 Å². The summed E-state index contributed by atoms with van der Waals surface area (Å²) in [6.45, 7) is 0. The van der Waals surface area contributed by atoms with E-state index in [1.165, 1.54) is 0 Å². The summed E-state index contributed by atoms with van der Waals surface area (Å²) in [5.41, 5.74) is 2.33. The van der Waals surface area contributed by atoms with E-state index in [9.17, 15) is 4.79 Å². The SMILES string of the molecule is O=Cc1ccc2c(c1)OC1=CC=CCC1=N2. The quantitative estimate of drug-likeness (QED) is 0.670. The zero-order valence-electron chi connectivity index (χ0n) is 8.51. The summed E-state index contributed by atoms with van der Waals surface area (Å²) in [6, 6.07) is 5.26. The molecule has 0 bridgehead atoms. The van der Waals surface area contributed by atoms with Crippen LogP contribution in [0.2, 0.25) is 0 Å². The minimum absolute atomic E-state index is 0.601. The number of carbonyl (C=O) groups is 1. The van der Waals surface area contributed by atoms with E-state index in [0.29, 0.717) is 11.3 Å². The second-order valence-electron chi connectivity index (χ2n) is 3.67. The maximum absolute atomic E-state index is 10.7. The summed E-state index contributed by atoms with van der Waals surface area (Å²) in [5.74, 6) is 1.42. The van der Waals surface area contributed by atoms with Gasteiger partial charge >= 0.3 is 0 Å². The van der Waals surface area contributed by atoms with Gasteiger partial charge in [-0.05, 0) is 24.3 Å². The summed E-state index contributed by atoms with van der Waals surface area (Å²) in [7, 11) is 0. The third-order valence-electron chi connectivity index (χ3n) is 2.57. The van der Waals surface area contributed by atoms with Crippen LogP contribution in [0.5, 0.6) is 5.75 Å². The van der Waals surface area contributed by atoms with Crippen molar-refractivity contribution < 1.29 is 9.53 Å². The molecule has 2 aliphatic rings. The minimum Gasteiger partial charge on any atom is -0.453 e. The van der Waals surface area contributed by atoms with Crippen molar-refractivity contribution in [1.29, 1.82) is 0 Å². The molecule has 1 aliphatic carbocycles. The molecule has 78 valence electrons. The van der Waals surface area contributed by atoms with Gasteiger partial charge in [-0.3, -0.25) is 4.79 Å². The zero-order valence-corrected chi connectivity index (χ0v) is 8.51. The van der Waals surface area contributed by atoms with Crippen molar-refractivity contribution in [2.45, 2.75) is 6.42 Å². The second kappa shape index (κ2) is 3.45. The van der Waals surface area contributed by atoms with E-state index in [1.807, 2.05) is 18.2 Å². The molecular weight excluding hydrogens is 202 g/mol. The van der Waals surface area contributed by atoms with Crippen LogP contribution in [0.15, 0.2) is 47.2 Å². The number of hydrogen-bond donors (Lipinski definition) is 0. The van der Waals surface area contributed by atoms with Gasteiger partial charge in [-0.25, -0.2) is 4.99 Å². The highest BCUT2D eigenvalue weighted by atomic mass is 16.5. The van der Waals surface area contributed by atoms with E-state index in [2.05, 4.69) is 4.99 Å². The summed E-state index contributed by atoms with van der Waals surface area (Å²) < 4.78 is 5.70. The summed E-state index contributed by atoms with van der Waals surface area (Å²) in [4.78, 5) is 15.2. The summed E-state index contributed by atoms with van der Waals surface area (Å²) in [5, 5.41) is 0. The number of hydrogen-bond acceptors (Lipinski definition) is 3. The van der Waals surface area contributed by atoms with Gasteiger partial charge in [0.05, 0.1) is 5.71 Å². The predicted octanol–water partition coefficient (Wildman–Crippen LogP) is 2.81. The number of allylic oxidation sites excluding steroid dienone is 4. The number of benzene rings is 1. The Morgan fingerprint density at radius 1 is 1.38 bits per heavy atom. The zero-order chi connectivity index (χ0) is 11.0. The van der Waals surface area contributed by atoms with E-state index in [-0.39, 0.29) is 0 Å². The van der Waals surface area contributed by atoms with Crippen molar-refractivity contribution in [3.8, 4) is 5.75 Å². The van der Waals surface area contributed by atoms with Gasteiger partial charge < -0.3 is 4.74 Å². The molecule has 3 heteroatoms. The molecule has 1 aromatic carbocycles. The summed E-state index contributed by atoms with van der Waals surface area (Å²) >= 11 is 0. The third-order valence-corrected chi connectivity index (χ3v) is 2.57. The number of rotatable bonds is 1. The van der Waals surface area contributed by atoms with Crippen molar-refractivity contribution in [2.75, 3.05) is 0 Å². The predicted molar refractivity (Wildman–Crippen MR) is 61.4 cm³/mol. The third kappa shape index (κ3) is 1.37. The molecular formula is C13H9NO2. The number of nitrogens with zero attached hydrogens (tertiary/aromatic N) is 1. The van der Waals surface area contributed by atoms with Crippen LogP contribution in [0.25, 0.3) is 0 Å². The van der Waals surface area contributed by atoms with Crippen molar-refractivity contribution >= 4 is 17.7 Å². The number of aldehydes is 1. The monoisotopic (exact) mass is 211 g/mol. The van der Waals surface area contributed by atoms with Crippen molar-refractivity contribution in [3.05, 3.63) is 47.7 Å². The van der Waals surface area contributed by atoms with Gasteiger partial charge in [0.2, 0.25) is 0 Å². The second-order valence-corrected chi connectivity index (χ2v) is 3.67. The van der Waals surface area contributed by atoms with Gasteiger partial charge in [-0.15, -0.1) is 0 Å². The standard InChI is InChI=1S/C13H9NO2/c15-8-9-5-6-11-13(7-9)16-12-4-2-1-3-10(12)14-11/h1-2,4-8H,3H2. The molecule has 0 fully saturated rings. The fourth-order valence-electron chi connectivity index (χ4n) is 1.77. The number of carbonyl (C=O) groups excluding carboxylic acids is 1. The van der Waals surface area contributed by atoms with Crippen LogP contribution in [0.3, 0.4) is 0 Å². The average Bonchev–Trinajstić information content (AvgIpc) is 2.35. The number of ether oxygens (including phenoxy) is 1. The van der Waals surface area contributed by atoms with Crippen molar-refractivity contribution in [1.82, 2.24) is 0 Å². The lowest BCUT2D eigenvalue weighted by Gasteiger charge is -2.20. The van der Waals surface area contributed by atoms with Crippen LogP contribution in [0.4, 0.5) is 5.69 Å². The smallest absolute Gasteiger partial charge is 0.153 e. The molecule has 1 aromatic rings. The normalized spacial score (nSPS) is 16.5. The topological polar surface area (TPSA) is 38.7 Å². The first-order valence-electron chi connectivity index (χ1n) is 5.09. The number of aliphatic imine (C=N–C) groups is 1. The van der Waals surface area contributed by atoms with Crippen LogP contribution in [0.1, 0.15) is 16.8 Å². The lowest BCUT2D eigenvalue weighted by atomic mass is 10.1. The van der Waals surface area contributed by atoms with Crippen LogP contribution in [-0.4, -0.2) is 12.0 Å². The molecule has 0 N–H and O–H groups in total.